The summed E-state index contributed by atoms with van der Waals surface area (Å²) >= 11 is 0. The van der Waals surface area contributed by atoms with E-state index in [2.05, 4.69) is 189 Å². The number of hydrogen-bond donors (Lipinski definition) is 0. The first kappa shape index (κ1) is 28.2. The molecule has 0 bridgehead atoms. The Labute approximate surface area is 326 Å². The molecule has 1 atom stereocenters. The van der Waals surface area contributed by atoms with Gasteiger partial charge in [0.15, 0.2) is 22.6 Å². The molecule has 1 spiro atoms. The third kappa shape index (κ3) is 2.65. The summed E-state index contributed by atoms with van der Waals surface area (Å²) in [7, 11) is 0. The summed E-state index contributed by atoms with van der Waals surface area (Å²) in [5, 5.41) is 10.2. The molecule has 0 saturated heterocycles. The minimum Gasteiger partial charge on any atom is -0.308 e. The Kier molecular flexibility index (Phi) is 4.25. The lowest BCUT2D eigenvalue weighted by Gasteiger charge is -2.46. The van der Waals surface area contributed by atoms with Gasteiger partial charge >= 0.3 is 5.66 Å². The van der Waals surface area contributed by atoms with Crippen molar-refractivity contribution in [1.82, 2.24) is 9.13 Å². The smallest absolute Gasteiger partial charge is 0.308 e. The van der Waals surface area contributed by atoms with Crippen molar-refractivity contribution in [3.63, 3.8) is 0 Å². The van der Waals surface area contributed by atoms with E-state index in [1.807, 2.05) is 0 Å². The lowest BCUT2D eigenvalue weighted by molar-refractivity contribution is -0.930. The Morgan fingerprint density at radius 1 is 0.439 bits per heavy atom. The zero-order chi connectivity index (χ0) is 36.8. The third-order valence-electron chi connectivity index (χ3n) is 14.6. The summed E-state index contributed by atoms with van der Waals surface area (Å²) in [5.41, 5.74) is 15.9. The quantitative estimate of drug-likeness (QED) is 0.143. The molecule has 0 amide bonds. The zero-order valence-electron chi connectivity index (χ0n) is 31.2. The van der Waals surface area contributed by atoms with Crippen LogP contribution in [-0.4, -0.2) is 9.13 Å². The number of pyridine rings is 2. The largest absolute Gasteiger partial charge is 0.319 e. The Bertz CT molecular complexity index is 3860. The number of fused-ring (bicyclic) bond motifs is 16. The number of anilines is 3. The van der Waals surface area contributed by atoms with Crippen LogP contribution in [0.4, 0.5) is 17.2 Å². The van der Waals surface area contributed by atoms with Gasteiger partial charge in [-0.05, 0) is 77.5 Å². The second-order valence-electron chi connectivity index (χ2n) is 17.3. The highest BCUT2D eigenvalue weighted by Gasteiger charge is 2.71. The summed E-state index contributed by atoms with van der Waals surface area (Å²) in [6.07, 6.45) is 0. The maximum absolute atomic E-state index is 2.79. The van der Waals surface area contributed by atoms with E-state index in [1.165, 1.54) is 127 Å². The van der Waals surface area contributed by atoms with Crippen molar-refractivity contribution < 1.29 is 9.13 Å². The average Bonchev–Trinajstić information content (AvgIpc) is 3.87. The van der Waals surface area contributed by atoms with Crippen LogP contribution in [0.5, 0.6) is 0 Å². The van der Waals surface area contributed by atoms with Crippen LogP contribution in [0.15, 0.2) is 152 Å². The lowest BCUT2D eigenvalue weighted by atomic mass is 9.69. The maximum atomic E-state index is 2.79. The molecule has 0 N–H and O–H groups in total. The molecule has 4 aromatic heterocycles. The van der Waals surface area contributed by atoms with E-state index in [-0.39, 0.29) is 5.41 Å². The number of rotatable bonds is 0. The van der Waals surface area contributed by atoms with E-state index < -0.39 is 5.66 Å². The second-order valence-corrected chi connectivity index (χ2v) is 17.3. The van der Waals surface area contributed by atoms with Gasteiger partial charge in [0.05, 0.1) is 27.5 Å². The van der Waals surface area contributed by atoms with Crippen LogP contribution < -0.4 is 14.0 Å². The summed E-state index contributed by atoms with van der Waals surface area (Å²) in [6.45, 7) is 4.90. The van der Waals surface area contributed by atoms with Gasteiger partial charge in [-0.2, -0.15) is 18.6 Å². The Hall–Kier alpha value is -7.24. The van der Waals surface area contributed by atoms with Gasteiger partial charge in [-0.25, -0.2) is 0 Å². The van der Waals surface area contributed by atoms with Crippen molar-refractivity contribution in [3.05, 3.63) is 174 Å². The van der Waals surface area contributed by atoms with E-state index in [9.17, 15) is 0 Å². The summed E-state index contributed by atoms with van der Waals surface area (Å²) in [6, 6.07) is 57.9. The first-order valence-corrected chi connectivity index (χ1v) is 20.1. The fourth-order valence-electron chi connectivity index (χ4n) is 12.6. The number of para-hydroxylation sites is 3. The van der Waals surface area contributed by atoms with E-state index in [4.69, 9.17) is 0 Å². The lowest BCUT2D eigenvalue weighted by Crippen LogP contribution is -2.76. The molecule has 0 radical (unpaired) electrons. The predicted octanol–water partition coefficient (Wildman–Crippen LogP) is 11.1. The number of nitrogens with zero attached hydrogens (tertiary/aromatic N) is 5. The minimum absolute atomic E-state index is 0.267. The molecular weight excluding hydrogens is 695 g/mol. The molecule has 9 heterocycles. The van der Waals surface area contributed by atoms with E-state index in [0.29, 0.717) is 0 Å². The molecule has 57 heavy (non-hydrogen) atoms. The van der Waals surface area contributed by atoms with Crippen LogP contribution in [0.25, 0.3) is 88.0 Å². The van der Waals surface area contributed by atoms with Crippen molar-refractivity contribution in [2.75, 3.05) is 4.90 Å². The Morgan fingerprint density at radius 2 is 1.02 bits per heavy atom. The van der Waals surface area contributed by atoms with Gasteiger partial charge in [0, 0.05) is 38.1 Å². The van der Waals surface area contributed by atoms with E-state index >= 15 is 0 Å². The number of benzene rings is 7. The van der Waals surface area contributed by atoms with Gasteiger partial charge in [0.25, 0.3) is 11.6 Å². The fraction of sp³-hybridized carbons (Fsp3) is 0.0769. The van der Waals surface area contributed by atoms with Crippen molar-refractivity contribution >= 4 is 82.3 Å². The third-order valence-corrected chi connectivity index (χ3v) is 14.6. The minimum atomic E-state index is -0.727. The fourth-order valence-corrected chi connectivity index (χ4v) is 12.6. The van der Waals surface area contributed by atoms with Crippen molar-refractivity contribution in [1.29, 1.82) is 0 Å². The molecule has 5 heteroatoms. The summed E-state index contributed by atoms with van der Waals surface area (Å²) in [4.78, 5) is 2.67. The van der Waals surface area contributed by atoms with Gasteiger partial charge in [-0.3, -0.25) is 0 Å². The molecular formula is C52H31N5+2. The zero-order valence-corrected chi connectivity index (χ0v) is 31.2. The highest BCUT2D eigenvalue weighted by Crippen LogP contribution is 2.64. The molecule has 0 fully saturated rings. The standard InChI is InChI=1S/C52H31N5/c1-51(2)36-19-9-12-22-40(36)55-48-37(51)27-35-33-18-8-10-20-38(33)53-41-24-23-34-32-17-7-11-21-39(32)54-46(34)44(41)52(45(48)47(35)53)56-42(25-28-13-3-5-15-30(28)49(54)56)43-26-29-14-4-6-16-31(29)50(55)57(43)52/h3-27H,1-2H3/q+2. The van der Waals surface area contributed by atoms with Gasteiger partial charge in [-0.15, -0.1) is 0 Å². The molecule has 1 unspecified atom stereocenters. The molecule has 7 aromatic carbocycles. The van der Waals surface area contributed by atoms with E-state index in [1.54, 1.807) is 0 Å². The highest BCUT2D eigenvalue weighted by atomic mass is 15.5. The summed E-state index contributed by atoms with van der Waals surface area (Å²) in [5.74, 6) is 2.46. The number of aromatic nitrogens is 4. The van der Waals surface area contributed by atoms with Gasteiger partial charge < -0.3 is 4.57 Å². The van der Waals surface area contributed by atoms with Gasteiger partial charge in [0.1, 0.15) is 22.3 Å². The van der Waals surface area contributed by atoms with Crippen molar-refractivity contribution in [2.45, 2.75) is 24.9 Å². The van der Waals surface area contributed by atoms with Crippen LogP contribution in [0.3, 0.4) is 0 Å². The highest BCUT2D eigenvalue weighted by molar-refractivity contribution is 6.19. The molecule has 262 valence electrons. The predicted molar refractivity (Wildman–Crippen MR) is 228 cm³/mol. The topological polar surface area (TPSA) is 20.9 Å². The molecule has 0 aliphatic carbocycles. The Balaban J connectivity index is 1.31. The second kappa shape index (κ2) is 8.59. The molecule has 11 aromatic rings. The van der Waals surface area contributed by atoms with Gasteiger partial charge in [-0.1, -0.05) is 98.8 Å². The van der Waals surface area contributed by atoms with Gasteiger partial charge in [0.2, 0.25) is 0 Å². The molecule has 16 rings (SSSR count). The maximum Gasteiger partial charge on any atom is 0.319 e. The molecule has 5 aliphatic rings. The SMILES string of the molecule is CC1(C)c2ccccc2N2c3c1cc1c4ccccc4n4c1c3C13c5c-4ccc4c6ccccc6n(c54)-c4c5ccccc5cc([n+]41)-c1cc4ccccc4c2[n+]13. The van der Waals surface area contributed by atoms with Crippen LogP contribution in [-0.2, 0) is 11.1 Å². The molecule has 0 saturated carbocycles. The summed E-state index contributed by atoms with van der Waals surface area (Å²) < 4.78 is 10.8. The van der Waals surface area contributed by atoms with Crippen LogP contribution >= 0.6 is 0 Å². The first-order chi connectivity index (χ1) is 28.1. The van der Waals surface area contributed by atoms with Crippen molar-refractivity contribution in [3.8, 4) is 22.9 Å². The number of hydrogen-bond acceptors (Lipinski definition) is 1. The first-order valence-electron chi connectivity index (χ1n) is 20.1. The molecule has 5 aliphatic heterocycles. The normalized spacial score (nSPS) is 17.8. The van der Waals surface area contributed by atoms with Crippen LogP contribution in [0.2, 0.25) is 0 Å². The van der Waals surface area contributed by atoms with Crippen LogP contribution in [0, 0.1) is 0 Å². The van der Waals surface area contributed by atoms with Crippen LogP contribution in [0.1, 0.15) is 36.1 Å². The Morgan fingerprint density at radius 3 is 1.77 bits per heavy atom. The molecule has 5 nitrogen and oxygen atoms in total. The monoisotopic (exact) mass is 725 g/mol. The van der Waals surface area contributed by atoms with E-state index in [0.717, 1.165) is 0 Å². The van der Waals surface area contributed by atoms with Crippen molar-refractivity contribution in [2.24, 2.45) is 0 Å². The average molecular weight is 726 g/mol.